The van der Waals surface area contributed by atoms with Crippen molar-refractivity contribution in [1.29, 1.82) is 0 Å². The van der Waals surface area contributed by atoms with Gasteiger partial charge in [0.2, 0.25) is 0 Å². The molecule has 4 heteroatoms. The third-order valence-corrected chi connectivity index (χ3v) is 2.57. The zero-order valence-electron chi connectivity index (χ0n) is 6.07. The second-order valence-electron chi connectivity index (χ2n) is 2.53. The predicted molar refractivity (Wildman–Crippen MR) is 52.7 cm³/mol. The van der Waals surface area contributed by atoms with Gasteiger partial charge in [-0.3, -0.25) is 0 Å². The third-order valence-electron chi connectivity index (χ3n) is 1.76. The van der Waals surface area contributed by atoms with Crippen LogP contribution in [0.5, 0.6) is 0 Å². The summed E-state index contributed by atoms with van der Waals surface area (Å²) in [6.45, 7) is 0. The average Bonchev–Trinajstić information content (AvgIpc) is 2.48. The van der Waals surface area contributed by atoms with Gasteiger partial charge in [0.05, 0.1) is 21.2 Å². The molecule has 0 saturated heterocycles. The topological polar surface area (TPSA) is 41.8 Å². The van der Waals surface area contributed by atoms with Crippen molar-refractivity contribution < 1.29 is 0 Å². The molecule has 0 fully saturated rings. The largest absolute Gasteiger partial charge is 0.397 e. The Morgan fingerprint density at radius 3 is 2.83 bits per heavy atom. The Morgan fingerprint density at radius 1 is 1.33 bits per heavy atom. The highest BCUT2D eigenvalue weighted by Gasteiger charge is 2.07. The van der Waals surface area contributed by atoms with E-state index in [9.17, 15) is 0 Å². The van der Waals surface area contributed by atoms with Gasteiger partial charge in [-0.15, -0.1) is 0 Å². The summed E-state index contributed by atoms with van der Waals surface area (Å²) in [6.07, 6.45) is 1.78. The molecule has 0 amide bonds. The summed E-state index contributed by atoms with van der Waals surface area (Å²) >= 11 is 11.8. The Labute approximate surface area is 79.3 Å². The summed E-state index contributed by atoms with van der Waals surface area (Å²) in [4.78, 5) is 2.99. The molecular weight excluding hydrogens is 195 g/mol. The van der Waals surface area contributed by atoms with E-state index in [0.717, 1.165) is 10.9 Å². The van der Waals surface area contributed by atoms with Gasteiger partial charge in [-0.25, -0.2) is 0 Å². The van der Waals surface area contributed by atoms with Crippen LogP contribution in [-0.2, 0) is 0 Å². The molecule has 12 heavy (non-hydrogen) atoms. The molecule has 2 aromatic rings. The molecule has 0 aliphatic rings. The van der Waals surface area contributed by atoms with Gasteiger partial charge in [-0.2, -0.15) is 0 Å². The van der Waals surface area contributed by atoms with E-state index < -0.39 is 0 Å². The maximum Gasteiger partial charge on any atom is 0.0703 e. The summed E-state index contributed by atoms with van der Waals surface area (Å²) in [7, 11) is 0. The minimum Gasteiger partial charge on any atom is -0.397 e. The number of rotatable bonds is 0. The fourth-order valence-corrected chi connectivity index (χ4v) is 1.62. The Kier molecular flexibility index (Phi) is 1.67. The van der Waals surface area contributed by atoms with Gasteiger partial charge in [0.1, 0.15) is 0 Å². The molecule has 1 aromatic heterocycles. The van der Waals surface area contributed by atoms with Crippen molar-refractivity contribution in [3.05, 3.63) is 28.4 Å². The number of hydrogen-bond donors (Lipinski definition) is 2. The number of hydrogen-bond acceptors (Lipinski definition) is 1. The number of nitrogens with one attached hydrogen (secondary N) is 1. The molecule has 0 aliphatic heterocycles. The van der Waals surface area contributed by atoms with Crippen LogP contribution in [0, 0.1) is 0 Å². The highest BCUT2D eigenvalue weighted by atomic mass is 35.5. The number of benzene rings is 1. The van der Waals surface area contributed by atoms with E-state index in [4.69, 9.17) is 28.9 Å². The minimum absolute atomic E-state index is 0.487. The second-order valence-corrected chi connectivity index (χ2v) is 3.31. The van der Waals surface area contributed by atoms with E-state index in [1.807, 2.05) is 6.07 Å². The molecule has 2 rings (SSSR count). The molecule has 2 nitrogen and oxygen atoms in total. The zero-order valence-corrected chi connectivity index (χ0v) is 7.58. The van der Waals surface area contributed by atoms with Crippen LogP contribution in [0.1, 0.15) is 0 Å². The number of aromatic amines is 1. The number of nitrogens with two attached hydrogens (primary N) is 1. The van der Waals surface area contributed by atoms with Gasteiger partial charge in [0.25, 0.3) is 0 Å². The molecule has 1 heterocycles. The number of H-pyrrole nitrogens is 1. The smallest absolute Gasteiger partial charge is 0.0703 e. The van der Waals surface area contributed by atoms with Gasteiger partial charge in [0, 0.05) is 11.6 Å². The number of aromatic nitrogens is 1. The maximum atomic E-state index is 5.93. The number of anilines is 1. The van der Waals surface area contributed by atoms with E-state index >= 15 is 0 Å². The Balaban J connectivity index is 2.97. The Bertz CT molecular complexity index is 434. The van der Waals surface area contributed by atoms with Crippen molar-refractivity contribution >= 4 is 39.8 Å². The van der Waals surface area contributed by atoms with Crippen molar-refractivity contribution in [2.45, 2.75) is 0 Å². The van der Waals surface area contributed by atoms with Crippen LogP contribution in [-0.4, -0.2) is 4.98 Å². The van der Waals surface area contributed by atoms with Crippen molar-refractivity contribution in [1.82, 2.24) is 4.98 Å². The number of fused-ring (bicyclic) bond motifs is 1. The average molecular weight is 201 g/mol. The quantitative estimate of drug-likeness (QED) is 0.632. The standard InChI is InChI=1S/C8H6Cl2N2/c9-5-3-6(11)8-4(7(5)10)1-2-12-8/h1-3,12H,11H2. The van der Waals surface area contributed by atoms with E-state index in [-0.39, 0.29) is 0 Å². The molecule has 0 unspecified atom stereocenters. The summed E-state index contributed by atoms with van der Waals surface area (Å²) < 4.78 is 0. The summed E-state index contributed by atoms with van der Waals surface area (Å²) in [5.74, 6) is 0. The predicted octanol–water partition coefficient (Wildman–Crippen LogP) is 3.06. The molecule has 0 atom stereocenters. The van der Waals surface area contributed by atoms with Crippen LogP contribution in [0.25, 0.3) is 10.9 Å². The van der Waals surface area contributed by atoms with Crippen LogP contribution in [0.2, 0.25) is 10.0 Å². The Morgan fingerprint density at radius 2 is 2.08 bits per heavy atom. The highest BCUT2D eigenvalue weighted by Crippen LogP contribution is 2.33. The first kappa shape index (κ1) is 7.77. The van der Waals surface area contributed by atoms with Crippen molar-refractivity contribution in [2.75, 3.05) is 5.73 Å². The lowest BCUT2D eigenvalue weighted by Crippen LogP contribution is -1.86. The monoisotopic (exact) mass is 200 g/mol. The molecule has 0 bridgehead atoms. The molecule has 3 N–H and O–H groups in total. The summed E-state index contributed by atoms with van der Waals surface area (Å²) in [5, 5.41) is 1.89. The van der Waals surface area contributed by atoms with Crippen LogP contribution >= 0.6 is 23.2 Å². The van der Waals surface area contributed by atoms with Crippen LogP contribution in [0.4, 0.5) is 5.69 Å². The highest BCUT2D eigenvalue weighted by molar-refractivity contribution is 6.45. The van der Waals surface area contributed by atoms with Crippen molar-refractivity contribution in [3.8, 4) is 0 Å². The third kappa shape index (κ3) is 0.958. The van der Waals surface area contributed by atoms with Gasteiger partial charge >= 0.3 is 0 Å². The Hall–Kier alpha value is -0.860. The first-order valence-corrected chi connectivity index (χ1v) is 4.16. The fourth-order valence-electron chi connectivity index (χ4n) is 1.19. The molecule has 0 saturated carbocycles. The van der Waals surface area contributed by atoms with Crippen LogP contribution < -0.4 is 5.73 Å². The zero-order chi connectivity index (χ0) is 8.72. The molecule has 0 spiro atoms. The van der Waals surface area contributed by atoms with Gasteiger partial charge in [-0.05, 0) is 12.1 Å². The minimum atomic E-state index is 0.487. The van der Waals surface area contributed by atoms with Crippen molar-refractivity contribution in [2.24, 2.45) is 0 Å². The van der Waals surface area contributed by atoms with Gasteiger partial charge < -0.3 is 10.7 Å². The SMILES string of the molecule is Nc1cc(Cl)c(Cl)c2cc[nH]c12. The first-order valence-electron chi connectivity index (χ1n) is 3.40. The van der Waals surface area contributed by atoms with Crippen LogP contribution in [0.15, 0.2) is 18.3 Å². The molecule has 62 valence electrons. The molecule has 0 radical (unpaired) electrons. The fraction of sp³-hybridized carbons (Fsp3) is 0. The van der Waals surface area contributed by atoms with Gasteiger partial charge in [-0.1, -0.05) is 23.2 Å². The van der Waals surface area contributed by atoms with Crippen LogP contribution in [0.3, 0.4) is 0 Å². The summed E-state index contributed by atoms with van der Waals surface area (Å²) in [6, 6.07) is 3.49. The molecule has 0 aliphatic carbocycles. The second kappa shape index (κ2) is 2.57. The van der Waals surface area contributed by atoms with E-state index in [1.54, 1.807) is 12.3 Å². The maximum absolute atomic E-state index is 5.93. The first-order chi connectivity index (χ1) is 5.70. The number of halogens is 2. The normalized spacial score (nSPS) is 10.8. The van der Waals surface area contributed by atoms with E-state index in [0.29, 0.717) is 15.7 Å². The molecule has 1 aromatic carbocycles. The lowest BCUT2D eigenvalue weighted by atomic mass is 10.2. The van der Waals surface area contributed by atoms with Gasteiger partial charge in [0.15, 0.2) is 0 Å². The lowest BCUT2D eigenvalue weighted by Gasteiger charge is -2.00. The number of nitrogen functional groups attached to an aromatic ring is 1. The van der Waals surface area contributed by atoms with E-state index in [1.165, 1.54) is 0 Å². The lowest BCUT2D eigenvalue weighted by molar-refractivity contribution is 1.48. The summed E-state index contributed by atoms with van der Waals surface area (Å²) in [5.41, 5.74) is 7.15. The van der Waals surface area contributed by atoms with Crippen molar-refractivity contribution in [3.63, 3.8) is 0 Å². The molecular formula is C8H6Cl2N2. The van der Waals surface area contributed by atoms with E-state index in [2.05, 4.69) is 4.98 Å².